The summed E-state index contributed by atoms with van der Waals surface area (Å²) in [5.74, 6) is -4.16. The van der Waals surface area contributed by atoms with E-state index in [0.29, 0.717) is 0 Å². The Morgan fingerprint density at radius 1 is 0.786 bits per heavy atom. The van der Waals surface area contributed by atoms with Crippen LogP contribution in [0, 0.1) is 37.5 Å². The first kappa shape index (κ1) is 11.7. The van der Waals surface area contributed by atoms with Gasteiger partial charge in [-0.2, -0.15) is 26.3 Å². The fourth-order valence-electron chi connectivity index (χ4n) is 1.14. The lowest BCUT2D eigenvalue weighted by molar-refractivity contribution is -0.275. The van der Waals surface area contributed by atoms with Crippen molar-refractivity contribution in [1.29, 1.82) is 0 Å². The molecule has 1 fully saturated rings. The van der Waals surface area contributed by atoms with Crippen LogP contribution in [0.5, 0.6) is 0 Å². The van der Waals surface area contributed by atoms with Crippen molar-refractivity contribution in [3.63, 3.8) is 0 Å². The highest BCUT2D eigenvalue weighted by molar-refractivity contribution is 5.38. The third-order valence-electron chi connectivity index (χ3n) is 1.68. The van der Waals surface area contributed by atoms with Crippen molar-refractivity contribution in [2.45, 2.75) is 12.4 Å². The molecule has 1 aliphatic rings. The van der Waals surface area contributed by atoms with Crippen LogP contribution >= 0.6 is 0 Å². The van der Waals surface area contributed by atoms with Gasteiger partial charge in [0.2, 0.25) is 0 Å². The lowest BCUT2D eigenvalue weighted by Crippen LogP contribution is -2.40. The molecule has 1 saturated carbocycles. The van der Waals surface area contributed by atoms with Gasteiger partial charge in [-0.05, 0) is 25.7 Å². The monoisotopic (exact) mass is 215 g/mol. The first-order valence-electron chi connectivity index (χ1n) is 3.58. The second kappa shape index (κ2) is 3.62. The third-order valence-corrected chi connectivity index (χ3v) is 1.68. The molecule has 0 bridgehead atoms. The Balaban J connectivity index is 2.82. The molecule has 0 N–H and O–H groups in total. The molecule has 5 radical (unpaired) electrons. The quantitative estimate of drug-likeness (QED) is 0.589. The van der Waals surface area contributed by atoms with Crippen LogP contribution in [-0.4, -0.2) is 12.4 Å². The van der Waals surface area contributed by atoms with E-state index in [1.807, 2.05) is 0 Å². The van der Waals surface area contributed by atoms with Crippen LogP contribution < -0.4 is 0 Å². The molecule has 0 saturated heterocycles. The molecular weight excluding hydrogens is 210 g/mol. The molecule has 0 aromatic carbocycles. The average molecular weight is 215 g/mol. The second-order valence-corrected chi connectivity index (χ2v) is 2.73. The van der Waals surface area contributed by atoms with E-state index in [9.17, 15) is 26.3 Å². The molecular formula is C8H5F6. The maximum absolute atomic E-state index is 12.1. The van der Waals surface area contributed by atoms with Gasteiger partial charge in [0.05, 0.1) is 0 Å². The summed E-state index contributed by atoms with van der Waals surface area (Å²) in [5, 5.41) is 0. The zero-order chi connectivity index (χ0) is 11.0. The third kappa shape index (κ3) is 2.54. The van der Waals surface area contributed by atoms with Crippen molar-refractivity contribution < 1.29 is 26.3 Å². The number of rotatable bonds is 1. The summed E-state index contributed by atoms with van der Waals surface area (Å²) in [4.78, 5) is 0. The van der Waals surface area contributed by atoms with E-state index in [2.05, 4.69) is 0 Å². The standard InChI is InChI=1S/C8H5F6/c9-7(10,11)6(8(12,13)14)5-3-1-2-4-5/h1-4,6H. The minimum Gasteiger partial charge on any atom is -0.170 e. The Kier molecular flexibility index (Phi) is 3.02. The Morgan fingerprint density at radius 2 is 1.14 bits per heavy atom. The molecule has 0 spiro atoms. The molecule has 14 heavy (non-hydrogen) atoms. The number of alkyl halides is 6. The van der Waals surface area contributed by atoms with Gasteiger partial charge in [-0.15, -0.1) is 0 Å². The number of halogens is 6. The van der Waals surface area contributed by atoms with Gasteiger partial charge < -0.3 is 0 Å². The SMILES string of the molecule is FC(F)(F)C([C]1[CH][CH][CH][CH]1)C(F)(F)F. The summed E-state index contributed by atoms with van der Waals surface area (Å²) in [5.41, 5.74) is 0. The zero-order valence-corrected chi connectivity index (χ0v) is 6.65. The lowest BCUT2D eigenvalue weighted by atomic mass is 9.90. The fraction of sp³-hybridized carbons (Fsp3) is 0.375. The first-order valence-corrected chi connectivity index (χ1v) is 3.58. The lowest BCUT2D eigenvalue weighted by Gasteiger charge is -2.27. The molecule has 0 aromatic rings. The number of hydrogen-bond donors (Lipinski definition) is 0. The maximum atomic E-state index is 12.1. The van der Waals surface area contributed by atoms with Crippen molar-refractivity contribution in [3.8, 4) is 0 Å². The van der Waals surface area contributed by atoms with Crippen molar-refractivity contribution in [3.05, 3.63) is 31.6 Å². The van der Waals surface area contributed by atoms with E-state index >= 15 is 0 Å². The molecule has 1 rings (SSSR count). The molecule has 0 unspecified atom stereocenters. The van der Waals surface area contributed by atoms with Gasteiger partial charge in [-0.3, -0.25) is 0 Å². The first-order chi connectivity index (χ1) is 6.23. The Hall–Kier alpha value is -0.420. The summed E-state index contributed by atoms with van der Waals surface area (Å²) >= 11 is 0. The van der Waals surface area contributed by atoms with E-state index in [4.69, 9.17) is 0 Å². The van der Waals surface area contributed by atoms with Crippen molar-refractivity contribution in [1.82, 2.24) is 0 Å². The minimum absolute atomic E-state index is 0.773. The van der Waals surface area contributed by atoms with Crippen molar-refractivity contribution in [2.75, 3.05) is 0 Å². The van der Waals surface area contributed by atoms with Gasteiger partial charge in [0.15, 0.2) is 5.92 Å². The zero-order valence-electron chi connectivity index (χ0n) is 6.65. The van der Waals surface area contributed by atoms with Crippen molar-refractivity contribution >= 4 is 0 Å². The van der Waals surface area contributed by atoms with E-state index in [-0.39, 0.29) is 0 Å². The van der Waals surface area contributed by atoms with Crippen LogP contribution in [0.4, 0.5) is 26.3 Å². The van der Waals surface area contributed by atoms with Crippen LogP contribution in [0.25, 0.3) is 0 Å². The van der Waals surface area contributed by atoms with Crippen LogP contribution in [-0.2, 0) is 0 Å². The van der Waals surface area contributed by atoms with Crippen LogP contribution in [0.2, 0.25) is 0 Å². The molecule has 0 nitrogen and oxygen atoms in total. The molecule has 0 amide bonds. The fourth-order valence-corrected chi connectivity index (χ4v) is 1.14. The van der Waals surface area contributed by atoms with E-state index < -0.39 is 24.2 Å². The Morgan fingerprint density at radius 3 is 1.43 bits per heavy atom. The van der Waals surface area contributed by atoms with Crippen molar-refractivity contribution in [2.24, 2.45) is 5.92 Å². The molecule has 0 heterocycles. The molecule has 0 aromatic heterocycles. The molecule has 0 atom stereocenters. The van der Waals surface area contributed by atoms with Gasteiger partial charge in [0.25, 0.3) is 0 Å². The average Bonchev–Trinajstić information content (AvgIpc) is 2.31. The van der Waals surface area contributed by atoms with Gasteiger partial charge in [-0.1, -0.05) is 0 Å². The van der Waals surface area contributed by atoms with Crippen LogP contribution in [0.15, 0.2) is 0 Å². The minimum atomic E-state index is -5.30. The highest BCUT2D eigenvalue weighted by atomic mass is 19.4. The summed E-state index contributed by atoms with van der Waals surface area (Å²) in [6, 6.07) is 0. The van der Waals surface area contributed by atoms with E-state index in [0.717, 1.165) is 25.7 Å². The summed E-state index contributed by atoms with van der Waals surface area (Å²) in [7, 11) is 0. The molecule has 79 valence electrons. The summed E-state index contributed by atoms with van der Waals surface area (Å²) in [6.45, 7) is 0. The Labute approximate surface area is 77.3 Å². The van der Waals surface area contributed by atoms with E-state index in [1.165, 1.54) is 0 Å². The highest BCUT2D eigenvalue weighted by Crippen LogP contribution is 2.48. The molecule has 1 aliphatic carbocycles. The second-order valence-electron chi connectivity index (χ2n) is 2.73. The van der Waals surface area contributed by atoms with Gasteiger partial charge in [0, 0.05) is 5.92 Å². The molecule has 0 aliphatic heterocycles. The van der Waals surface area contributed by atoms with Gasteiger partial charge >= 0.3 is 12.4 Å². The van der Waals surface area contributed by atoms with Gasteiger partial charge in [-0.25, -0.2) is 0 Å². The molecule has 6 heteroatoms. The highest BCUT2D eigenvalue weighted by Gasteiger charge is 2.60. The summed E-state index contributed by atoms with van der Waals surface area (Å²) < 4.78 is 72.4. The topological polar surface area (TPSA) is 0 Å². The normalized spacial score (nSPS) is 20.8. The predicted molar refractivity (Wildman–Crippen MR) is 36.0 cm³/mol. The summed E-state index contributed by atoms with van der Waals surface area (Å²) in [6.07, 6.45) is -6.70. The van der Waals surface area contributed by atoms with Crippen LogP contribution in [0.1, 0.15) is 0 Å². The Bertz CT molecular complexity index is 171. The van der Waals surface area contributed by atoms with E-state index in [1.54, 1.807) is 0 Å². The van der Waals surface area contributed by atoms with Crippen LogP contribution in [0.3, 0.4) is 0 Å². The van der Waals surface area contributed by atoms with Gasteiger partial charge in [0.1, 0.15) is 0 Å². The number of hydrogen-bond acceptors (Lipinski definition) is 0. The largest absolute Gasteiger partial charge is 0.401 e. The predicted octanol–water partition coefficient (Wildman–Crippen LogP) is 3.13. The smallest absolute Gasteiger partial charge is 0.170 e. The maximum Gasteiger partial charge on any atom is 0.401 e.